The SMILES string of the molecule is CC(C)(C)OC(=O)NCCCCCN(CCCN(CCCN)Cc1ccccc1)Cc1ccccc1.CN=C(N)N(C)CCCC(NC)C(=O)NCCCN(CCCN(CCCCCNC(=O)OC(C)(C)C)Cc1ccccc1)Cc1ccccc1.CN=C(N)N(C)CCC[C@H](NC)C(=O)ON1C(=O)CCC1=O. The number of hydroxylamine groups is 2. The lowest BCUT2D eigenvalue weighted by Crippen LogP contribution is -2.44. The molecule has 1 fully saturated rings. The predicted molar refractivity (Wildman–Crippen MR) is 435 cm³/mol. The largest absolute Gasteiger partial charge is 0.444 e. The first kappa shape index (κ1) is 94.0. The maximum absolute atomic E-state index is 12.9. The van der Waals surface area contributed by atoms with Crippen molar-refractivity contribution < 1.29 is 43.1 Å². The summed E-state index contributed by atoms with van der Waals surface area (Å²) in [5.74, 6) is -0.664. The lowest BCUT2D eigenvalue weighted by molar-refractivity contribution is -0.199. The summed E-state index contributed by atoms with van der Waals surface area (Å²) in [5.41, 5.74) is 21.7. The van der Waals surface area contributed by atoms with Gasteiger partial charge >= 0.3 is 18.2 Å². The average molecular weight is 1510 g/mol. The van der Waals surface area contributed by atoms with Crippen molar-refractivity contribution in [2.75, 3.05) is 134 Å². The minimum absolute atomic E-state index is 0.0408. The van der Waals surface area contributed by atoms with Crippen LogP contribution in [-0.4, -0.2) is 239 Å². The molecule has 1 heterocycles. The number of unbranched alkanes of at least 4 members (excludes halogenated alkanes) is 4. The number of nitrogens with one attached hydrogen (secondary N) is 5. The molecule has 26 heteroatoms. The van der Waals surface area contributed by atoms with Crippen LogP contribution in [0.5, 0.6) is 0 Å². The lowest BCUT2D eigenvalue weighted by atomic mass is 10.1. The number of carbonyl (C=O) groups excluding carboxylic acids is 6. The van der Waals surface area contributed by atoms with Gasteiger partial charge in [0, 0.05) is 106 Å². The van der Waals surface area contributed by atoms with Crippen molar-refractivity contribution in [3.05, 3.63) is 144 Å². The Hall–Kier alpha value is -8.24. The molecular weight excluding hydrogens is 1370 g/mol. The van der Waals surface area contributed by atoms with Crippen LogP contribution in [0.1, 0.15) is 167 Å². The normalized spacial score (nSPS) is 13.2. The minimum Gasteiger partial charge on any atom is -0.444 e. The third kappa shape index (κ3) is 44.3. The van der Waals surface area contributed by atoms with Crippen molar-refractivity contribution >= 4 is 47.8 Å². The Labute approximate surface area is 647 Å². The summed E-state index contributed by atoms with van der Waals surface area (Å²) in [6, 6.07) is 41.9. The summed E-state index contributed by atoms with van der Waals surface area (Å²) < 4.78 is 10.6. The van der Waals surface area contributed by atoms with Gasteiger partial charge in [0.1, 0.15) is 17.2 Å². The fraction of sp³-hybridized carbons (Fsp3) is 0.610. The number of nitrogens with two attached hydrogens (primary N) is 3. The van der Waals surface area contributed by atoms with E-state index in [2.05, 4.69) is 177 Å². The Morgan fingerprint density at radius 3 is 1.10 bits per heavy atom. The van der Waals surface area contributed by atoms with Gasteiger partial charge in [-0.3, -0.25) is 44.0 Å². The van der Waals surface area contributed by atoms with Crippen LogP contribution in [0, 0.1) is 0 Å². The van der Waals surface area contributed by atoms with Gasteiger partial charge in [0.05, 0.1) is 6.04 Å². The Kier molecular flexibility index (Phi) is 48.0. The maximum atomic E-state index is 12.9. The number of hydrogen-bond donors (Lipinski definition) is 8. The van der Waals surface area contributed by atoms with Crippen molar-refractivity contribution in [1.82, 2.24) is 61.0 Å². The molecule has 5 amide bonds. The molecular formula is C82H137N17O9. The molecule has 26 nitrogen and oxygen atoms in total. The molecule has 5 rings (SSSR count). The highest BCUT2D eigenvalue weighted by Crippen LogP contribution is 2.17. The van der Waals surface area contributed by atoms with Crippen molar-refractivity contribution in [2.45, 2.75) is 194 Å². The van der Waals surface area contributed by atoms with E-state index in [0.717, 1.165) is 169 Å². The van der Waals surface area contributed by atoms with Crippen LogP contribution in [0.25, 0.3) is 0 Å². The smallest absolute Gasteiger partial charge is 0.407 e. The number of rotatable bonds is 48. The second-order valence-electron chi connectivity index (χ2n) is 29.5. The molecule has 1 aliphatic heterocycles. The van der Waals surface area contributed by atoms with E-state index in [9.17, 15) is 28.8 Å². The van der Waals surface area contributed by atoms with Gasteiger partial charge in [0.15, 0.2) is 11.9 Å². The topological polar surface area (TPSA) is 316 Å². The molecule has 4 aromatic carbocycles. The Morgan fingerprint density at radius 1 is 0.444 bits per heavy atom. The molecule has 108 heavy (non-hydrogen) atoms. The van der Waals surface area contributed by atoms with Gasteiger partial charge < -0.3 is 67.9 Å². The number of carbonyl (C=O) groups is 6. The van der Waals surface area contributed by atoms with Crippen LogP contribution >= 0.6 is 0 Å². The van der Waals surface area contributed by atoms with Crippen LogP contribution in [0.4, 0.5) is 9.59 Å². The van der Waals surface area contributed by atoms with E-state index in [1.807, 2.05) is 60.5 Å². The number of alkyl carbamates (subject to hydrolysis) is 2. The first-order chi connectivity index (χ1) is 51.8. The molecule has 0 aliphatic carbocycles. The molecule has 0 radical (unpaired) electrons. The molecule has 0 saturated carbocycles. The van der Waals surface area contributed by atoms with Gasteiger partial charge in [-0.1, -0.05) is 134 Å². The first-order valence-electron chi connectivity index (χ1n) is 39.0. The molecule has 604 valence electrons. The third-order valence-corrected chi connectivity index (χ3v) is 17.9. The summed E-state index contributed by atoms with van der Waals surface area (Å²) >= 11 is 0. The van der Waals surface area contributed by atoms with Crippen LogP contribution in [0.3, 0.4) is 0 Å². The standard InChI is InChI=1S/C39H66N8O3.C30H48N4O2.C13H23N5O4/c1-39(2,3)50-38(49)44-24-14-9-15-27-46(31-33-19-10-7-11-20-33)29-18-30-47(32-34-21-12-8-13-22-34)28-17-25-43-36(48)35(41-4)23-16-26-45(6)37(40)42-5;1-30(2,3)36-29(35)32-20-11-6-12-21-33(25-27-15-7-4-8-16-27)23-14-24-34(22-13-19-31)26-28-17-9-5-10-18-28;1-15-9(5-4-8-17(3)13(14)16-2)12(21)22-18-10(19)6-7-11(18)20/h7-8,10-13,19-22,35,41H,9,14-18,23-32H2,1-6H3,(H2,40,42)(H,43,48)(H,44,49);4-5,7-10,15-18H,6,11-14,19-26,31H2,1-3H3,(H,32,35);9,15H,4-8H2,1-3H3,(H2,14,16)/t;;9-/m..0/s1. The summed E-state index contributed by atoms with van der Waals surface area (Å²) in [5, 5.41) is 15.4. The van der Waals surface area contributed by atoms with E-state index in [1.54, 1.807) is 33.1 Å². The van der Waals surface area contributed by atoms with E-state index >= 15 is 0 Å². The molecule has 2 atom stereocenters. The van der Waals surface area contributed by atoms with Crippen molar-refractivity contribution in [1.29, 1.82) is 0 Å². The average Bonchev–Trinajstić information content (AvgIpc) is 1.72. The van der Waals surface area contributed by atoms with Gasteiger partial charge in [0.2, 0.25) is 5.91 Å². The second-order valence-corrected chi connectivity index (χ2v) is 29.5. The summed E-state index contributed by atoms with van der Waals surface area (Å²) in [4.78, 5) is 98.1. The highest BCUT2D eigenvalue weighted by molar-refractivity contribution is 6.01. The van der Waals surface area contributed by atoms with E-state index in [1.165, 1.54) is 22.3 Å². The number of nitrogens with zero attached hydrogens (tertiary/aromatic N) is 9. The Bertz CT molecular complexity index is 3130. The summed E-state index contributed by atoms with van der Waals surface area (Å²) in [6.07, 6.45) is 12.5. The number of ether oxygens (including phenoxy) is 2. The van der Waals surface area contributed by atoms with Crippen molar-refractivity contribution in [2.24, 2.45) is 27.2 Å². The first-order valence-corrected chi connectivity index (χ1v) is 39.0. The zero-order chi connectivity index (χ0) is 79.4. The van der Waals surface area contributed by atoms with E-state index in [4.69, 9.17) is 31.5 Å². The molecule has 1 unspecified atom stereocenters. The number of amides is 5. The number of benzene rings is 4. The Balaban J connectivity index is 0.000000453. The van der Waals surface area contributed by atoms with E-state index in [-0.39, 0.29) is 37.0 Å². The Morgan fingerprint density at radius 2 is 0.769 bits per heavy atom. The van der Waals surface area contributed by atoms with Crippen LogP contribution < -0.4 is 43.8 Å². The van der Waals surface area contributed by atoms with Gasteiger partial charge in [0.25, 0.3) is 11.8 Å². The fourth-order valence-electron chi connectivity index (χ4n) is 12.0. The quantitative estimate of drug-likeness (QED) is 0.00884. The minimum atomic E-state index is -0.647. The van der Waals surface area contributed by atoms with Gasteiger partial charge in [-0.2, -0.15) is 0 Å². The molecule has 0 bridgehead atoms. The monoisotopic (exact) mass is 1500 g/mol. The molecule has 11 N–H and O–H groups in total. The van der Waals surface area contributed by atoms with Crippen LogP contribution in [0.2, 0.25) is 0 Å². The number of hydrogen-bond acceptors (Lipinski definition) is 18. The van der Waals surface area contributed by atoms with E-state index in [0.29, 0.717) is 56.0 Å². The predicted octanol–water partition coefficient (Wildman–Crippen LogP) is 9.09. The zero-order valence-electron chi connectivity index (χ0n) is 67.7. The number of imide groups is 1. The number of aliphatic imine (C=N–C) groups is 2. The third-order valence-electron chi connectivity index (χ3n) is 17.9. The van der Waals surface area contributed by atoms with E-state index < -0.39 is 35.0 Å². The van der Waals surface area contributed by atoms with Crippen molar-refractivity contribution in [3.8, 4) is 0 Å². The van der Waals surface area contributed by atoms with Crippen LogP contribution in [0.15, 0.2) is 131 Å². The highest BCUT2D eigenvalue weighted by Gasteiger charge is 2.35. The molecule has 0 aromatic heterocycles. The molecule has 1 saturated heterocycles. The lowest BCUT2D eigenvalue weighted by Gasteiger charge is -2.26. The van der Waals surface area contributed by atoms with Crippen molar-refractivity contribution in [3.63, 3.8) is 0 Å². The summed E-state index contributed by atoms with van der Waals surface area (Å²) in [7, 11) is 10.4. The number of likely N-dealkylation sites (N-methyl/N-ethyl adjacent to an activating group) is 2. The molecule has 1 aliphatic rings. The second kappa shape index (κ2) is 55.2. The zero-order valence-corrected chi connectivity index (χ0v) is 67.7. The van der Waals surface area contributed by atoms with Gasteiger partial charge in [-0.05, 0) is 207 Å². The van der Waals surface area contributed by atoms with Crippen LogP contribution in [-0.2, 0) is 59.7 Å². The molecule has 0 spiro atoms. The number of guanidine groups is 2. The highest BCUT2D eigenvalue weighted by atomic mass is 16.7. The summed E-state index contributed by atoms with van der Waals surface area (Å²) in [6.45, 7) is 27.2. The maximum Gasteiger partial charge on any atom is 0.407 e. The molecule has 4 aromatic rings. The van der Waals surface area contributed by atoms with Gasteiger partial charge in [-0.25, -0.2) is 14.4 Å². The fourth-order valence-corrected chi connectivity index (χ4v) is 12.0. The van der Waals surface area contributed by atoms with Gasteiger partial charge in [-0.15, -0.1) is 5.06 Å².